The van der Waals surface area contributed by atoms with E-state index in [1.807, 2.05) is 25.1 Å². The van der Waals surface area contributed by atoms with Crippen LogP contribution in [0.25, 0.3) is 0 Å². The Labute approximate surface area is 137 Å². The lowest BCUT2D eigenvalue weighted by molar-refractivity contribution is -0.384. The zero-order chi connectivity index (χ0) is 15.6. The molecule has 0 heterocycles. The Kier molecular flexibility index (Phi) is 4.95. The summed E-state index contributed by atoms with van der Waals surface area (Å²) in [5.74, 6) is -0.523. The summed E-state index contributed by atoms with van der Waals surface area (Å²) in [6, 6.07) is 8.77. The first kappa shape index (κ1) is 15.9. The molecule has 0 fully saturated rings. The highest BCUT2D eigenvalue weighted by Gasteiger charge is 2.18. The second kappa shape index (κ2) is 6.53. The third-order valence-corrected chi connectivity index (χ3v) is 4.14. The van der Waals surface area contributed by atoms with Crippen LogP contribution in [0.3, 0.4) is 0 Å². The fraction of sp³-hybridized carbons (Fsp3) is 0.143. The van der Waals surface area contributed by atoms with Crippen LogP contribution in [0.2, 0.25) is 0 Å². The molecule has 2 aromatic rings. The molecule has 1 atom stereocenters. The van der Waals surface area contributed by atoms with E-state index >= 15 is 0 Å². The first-order valence-electron chi connectivity index (χ1n) is 6.04. The third-order valence-electron chi connectivity index (χ3n) is 2.96. The van der Waals surface area contributed by atoms with E-state index in [1.54, 1.807) is 0 Å². The molecule has 2 rings (SSSR count). The van der Waals surface area contributed by atoms with Gasteiger partial charge in [0.05, 0.1) is 4.92 Å². The maximum Gasteiger partial charge on any atom is 0.292 e. The minimum absolute atomic E-state index is 0.155. The minimum atomic E-state index is -0.537. The number of hydrogen-bond acceptors (Lipinski definition) is 3. The molecule has 1 N–H and O–H groups in total. The predicted molar refractivity (Wildman–Crippen MR) is 86.9 cm³/mol. The number of nitro benzene ring substituents is 1. The van der Waals surface area contributed by atoms with Gasteiger partial charge < -0.3 is 5.32 Å². The SMILES string of the molecule is CC(Nc1cc(F)ccc1[N+](=O)[O-])c1ccc(Br)cc1Br. The number of nitro groups is 1. The normalized spacial score (nSPS) is 12.0. The van der Waals surface area contributed by atoms with Crippen LogP contribution in [0.5, 0.6) is 0 Å². The first-order valence-corrected chi connectivity index (χ1v) is 7.62. The summed E-state index contributed by atoms with van der Waals surface area (Å²) in [7, 11) is 0. The van der Waals surface area contributed by atoms with Crippen LogP contribution in [0.15, 0.2) is 45.3 Å². The molecule has 0 aromatic heterocycles. The van der Waals surface area contributed by atoms with Crippen molar-refractivity contribution in [2.75, 3.05) is 5.32 Å². The van der Waals surface area contributed by atoms with E-state index in [0.29, 0.717) is 0 Å². The van der Waals surface area contributed by atoms with Gasteiger partial charge in [0.15, 0.2) is 0 Å². The Morgan fingerprint density at radius 3 is 2.57 bits per heavy atom. The van der Waals surface area contributed by atoms with Gasteiger partial charge in [-0.05, 0) is 30.7 Å². The summed E-state index contributed by atoms with van der Waals surface area (Å²) in [6.07, 6.45) is 0. The topological polar surface area (TPSA) is 55.2 Å². The molecule has 110 valence electrons. The van der Waals surface area contributed by atoms with E-state index in [0.717, 1.165) is 32.7 Å². The maximum atomic E-state index is 13.3. The van der Waals surface area contributed by atoms with Crippen molar-refractivity contribution in [3.8, 4) is 0 Å². The van der Waals surface area contributed by atoms with Crippen LogP contribution < -0.4 is 5.32 Å². The van der Waals surface area contributed by atoms with Crippen LogP contribution >= 0.6 is 31.9 Å². The van der Waals surface area contributed by atoms with Crippen molar-refractivity contribution in [3.05, 3.63) is 66.8 Å². The molecule has 0 aliphatic heterocycles. The lowest BCUT2D eigenvalue weighted by atomic mass is 10.1. The molecule has 0 saturated heterocycles. The van der Waals surface area contributed by atoms with Gasteiger partial charge in [-0.1, -0.05) is 37.9 Å². The molecular formula is C14H11Br2FN2O2. The summed E-state index contributed by atoms with van der Waals surface area (Å²) in [6.45, 7) is 1.85. The highest BCUT2D eigenvalue weighted by atomic mass is 79.9. The van der Waals surface area contributed by atoms with Crippen molar-refractivity contribution in [3.63, 3.8) is 0 Å². The summed E-state index contributed by atoms with van der Waals surface area (Å²) in [4.78, 5) is 10.5. The number of halogens is 3. The van der Waals surface area contributed by atoms with Gasteiger partial charge in [-0.25, -0.2) is 4.39 Å². The average molecular weight is 418 g/mol. The largest absolute Gasteiger partial charge is 0.373 e. The predicted octanol–water partition coefficient (Wildman–Crippen LogP) is 5.43. The maximum absolute atomic E-state index is 13.3. The van der Waals surface area contributed by atoms with E-state index in [1.165, 1.54) is 0 Å². The van der Waals surface area contributed by atoms with Crippen molar-refractivity contribution in [2.45, 2.75) is 13.0 Å². The molecule has 0 aliphatic carbocycles. The second-order valence-corrected chi connectivity index (χ2v) is 6.22. The number of nitrogens with one attached hydrogen (secondary N) is 1. The van der Waals surface area contributed by atoms with Gasteiger partial charge >= 0.3 is 0 Å². The van der Waals surface area contributed by atoms with Crippen molar-refractivity contribution >= 4 is 43.2 Å². The molecule has 0 radical (unpaired) electrons. The van der Waals surface area contributed by atoms with Gasteiger partial charge in [0, 0.05) is 27.1 Å². The fourth-order valence-corrected chi connectivity index (χ4v) is 3.34. The highest BCUT2D eigenvalue weighted by molar-refractivity contribution is 9.11. The summed E-state index contributed by atoms with van der Waals surface area (Å²) < 4.78 is 15.1. The van der Waals surface area contributed by atoms with E-state index in [2.05, 4.69) is 37.2 Å². The Morgan fingerprint density at radius 2 is 1.95 bits per heavy atom. The average Bonchev–Trinajstić information content (AvgIpc) is 2.37. The zero-order valence-corrected chi connectivity index (χ0v) is 14.1. The van der Waals surface area contributed by atoms with Gasteiger partial charge in [0.25, 0.3) is 5.69 Å². The van der Waals surface area contributed by atoms with Crippen LogP contribution in [0, 0.1) is 15.9 Å². The molecule has 0 aliphatic rings. The van der Waals surface area contributed by atoms with Gasteiger partial charge in [-0.3, -0.25) is 10.1 Å². The first-order chi connectivity index (χ1) is 9.88. The van der Waals surface area contributed by atoms with Gasteiger partial charge in [0.2, 0.25) is 0 Å². The van der Waals surface area contributed by atoms with E-state index in [4.69, 9.17) is 0 Å². The molecule has 0 spiro atoms. The summed E-state index contributed by atoms with van der Waals surface area (Å²) >= 11 is 6.81. The number of hydrogen-bond donors (Lipinski definition) is 1. The standard InChI is InChI=1S/C14H11Br2FN2O2/c1-8(11-4-2-9(15)6-12(11)16)18-13-7-10(17)3-5-14(13)19(20)21/h2-8,18H,1H3. The van der Waals surface area contributed by atoms with Crippen molar-refractivity contribution < 1.29 is 9.31 Å². The van der Waals surface area contributed by atoms with Crippen LogP contribution in [-0.2, 0) is 0 Å². The van der Waals surface area contributed by atoms with E-state index < -0.39 is 10.7 Å². The molecule has 2 aromatic carbocycles. The molecular weight excluding hydrogens is 407 g/mol. The minimum Gasteiger partial charge on any atom is -0.373 e. The van der Waals surface area contributed by atoms with Gasteiger partial charge in [-0.2, -0.15) is 0 Å². The number of benzene rings is 2. The molecule has 4 nitrogen and oxygen atoms in total. The Bertz CT molecular complexity index is 695. The Balaban J connectivity index is 2.33. The van der Waals surface area contributed by atoms with E-state index in [-0.39, 0.29) is 17.4 Å². The molecule has 0 saturated carbocycles. The van der Waals surface area contributed by atoms with Gasteiger partial charge in [-0.15, -0.1) is 0 Å². The van der Waals surface area contributed by atoms with Gasteiger partial charge in [0.1, 0.15) is 11.5 Å². The van der Waals surface area contributed by atoms with Crippen molar-refractivity contribution in [1.29, 1.82) is 0 Å². The van der Waals surface area contributed by atoms with Crippen molar-refractivity contribution in [2.24, 2.45) is 0 Å². The number of rotatable bonds is 4. The number of nitrogens with zero attached hydrogens (tertiary/aromatic N) is 1. The second-order valence-electron chi connectivity index (χ2n) is 4.45. The lowest BCUT2D eigenvalue weighted by Crippen LogP contribution is -2.09. The van der Waals surface area contributed by atoms with Crippen LogP contribution in [0.1, 0.15) is 18.5 Å². The van der Waals surface area contributed by atoms with Crippen LogP contribution in [-0.4, -0.2) is 4.92 Å². The molecule has 7 heteroatoms. The monoisotopic (exact) mass is 416 g/mol. The van der Waals surface area contributed by atoms with Crippen molar-refractivity contribution in [1.82, 2.24) is 0 Å². The summed E-state index contributed by atoms with van der Waals surface area (Å²) in [5.41, 5.74) is 0.913. The smallest absolute Gasteiger partial charge is 0.292 e. The molecule has 21 heavy (non-hydrogen) atoms. The zero-order valence-electron chi connectivity index (χ0n) is 10.9. The summed E-state index contributed by atoms with van der Waals surface area (Å²) in [5, 5.41) is 14.0. The molecule has 0 bridgehead atoms. The number of anilines is 1. The molecule has 1 unspecified atom stereocenters. The molecule has 0 amide bonds. The Morgan fingerprint density at radius 1 is 1.24 bits per heavy atom. The quantitative estimate of drug-likeness (QED) is 0.532. The third kappa shape index (κ3) is 3.79. The highest BCUT2D eigenvalue weighted by Crippen LogP contribution is 2.32. The fourth-order valence-electron chi connectivity index (χ4n) is 1.95. The lowest BCUT2D eigenvalue weighted by Gasteiger charge is -2.17. The Hall–Kier alpha value is -1.47. The van der Waals surface area contributed by atoms with Crippen LogP contribution in [0.4, 0.5) is 15.8 Å². The van der Waals surface area contributed by atoms with E-state index in [9.17, 15) is 14.5 Å².